The predicted octanol–water partition coefficient (Wildman–Crippen LogP) is -2.75. The summed E-state index contributed by atoms with van der Waals surface area (Å²) in [5.74, 6) is 0.773. The third kappa shape index (κ3) is 3.91. The van der Waals surface area contributed by atoms with Gasteiger partial charge in [0.15, 0.2) is 0 Å². The van der Waals surface area contributed by atoms with E-state index in [1.807, 2.05) is 11.2 Å². The molecular weight excluding hydrogens is 213 g/mol. The molecule has 0 amide bonds. The summed E-state index contributed by atoms with van der Waals surface area (Å²) < 4.78 is 0. The molecule has 0 radical (unpaired) electrons. The van der Waals surface area contributed by atoms with E-state index in [2.05, 4.69) is 6.92 Å². The Balaban J connectivity index is 0.00000144. The van der Waals surface area contributed by atoms with Gasteiger partial charge in [-0.2, -0.15) is 0 Å². The molecule has 1 aliphatic rings. The molecular formula is C8H14KNO2S. The third-order valence-electron chi connectivity index (χ3n) is 1.99. The van der Waals surface area contributed by atoms with Crippen LogP contribution in [-0.4, -0.2) is 46.6 Å². The first-order valence-corrected chi connectivity index (χ1v) is 5.24. The Bertz CT molecular complexity index is 159. The van der Waals surface area contributed by atoms with Gasteiger partial charge in [0.05, 0.1) is 12.0 Å². The maximum absolute atomic E-state index is 10.5. The summed E-state index contributed by atoms with van der Waals surface area (Å²) in [6, 6.07) is -0.105. The normalized spacial score (nSPS) is 28.5. The Morgan fingerprint density at radius 2 is 2.38 bits per heavy atom. The van der Waals surface area contributed by atoms with E-state index in [9.17, 15) is 4.79 Å². The van der Waals surface area contributed by atoms with Gasteiger partial charge in [0.25, 0.3) is 0 Å². The van der Waals surface area contributed by atoms with Crippen LogP contribution in [0, 0.1) is 0 Å². The van der Waals surface area contributed by atoms with Crippen LogP contribution in [0.25, 0.3) is 0 Å². The second-order valence-electron chi connectivity index (χ2n) is 2.84. The molecule has 1 saturated heterocycles. The van der Waals surface area contributed by atoms with E-state index in [1.54, 1.807) is 11.8 Å². The van der Waals surface area contributed by atoms with Gasteiger partial charge in [0, 0.05) is 0 Å². The maximum atomic E-state index is 10.5. The van der Waals surface area contributed by atoms with Crippen LogP contribution in [0.15, 0.2) is 0 Å². The van der Waals surface area contributed by atoms with Crippen LogP contribution < -0.4 is 51.4 Å². The first-order chi connectivity index (χ1) is 5.83. The number of hydrogen-bond acceptors (Lipinski definition) is 4. The summed E-state index contributed by atoms with van der Waals surface area (Å²) in [4.78, 5) is 12.5. The van der Waals surface area contributed by atoms with Gasteiger partial charge >= 0.3 is 51.4 Å². The number of thioether (sulfide) groups is 1. The van der Waals surface area contributed by atoms with Crippen LogP contribution in [0.1, 0.15) is 13.3 Å². The molecule has 1 N–H and O–H groups in total. The van der Waals surface area contributed by atoms with Gasteiger partial charge in [-0.3, -0.25) is 0 Å². The molecule has 13 heavy (non-hydrogen) atoms. The van der Waals surface area contributed by atoms with E-state index < -0.39 is 0 Å². The first-order valence-electron chi connectivity index (χ1n) is 4.19. The van der Waals surface area contributed by atoms with Crippen molar-refractivity contribution in [2.24, 2.45) is 0 Å². The summed E-state index contributed by atoms with van der Waals surface area (Å²) in [6.07, 6.45) is 3.02. The van der Waals surface area contributed by atoms with Crippen molar-refractivity contribution >= 4 is 18.0 Å². The van der Waals surface area contributed by atoms with Gasteiger partial charge in [-0.05, 0) is 18.7 Å². The zero-order valence-corrected chi connectivity index (χ0v) is 12.1. The first kappa shape index (κ1) is 14.6. The maximum Gasteiger partial charge on any atom is 1.00 e. The summed E-state index contributed by atoms with van der Waals surface area (Å²) in [7, 11) is 0. The van der Waals surface area contributed by atoms with Crippen molar-refractivity contribution in [2.75, 3.05) is 18.9 Å². The number of aliphatic hydroxyl groups is 1. The minimum absolute atomic E-state index is 0. The van der Waals surface area contributed by atoms with Crippen molar-refractivity contribution < 1.29 is 61.3 Å². The molecule has 0 saturated carbocycles. The van der Waals surface area contributed by atoms with Gasteiger partial charge in [-0.15, -0.1) is 11.8 Å². The molecule has 1 unspecified atom stereocenters. The van der Waals surface area contributed by atoms with Gasteiger partial charge < -0.3 is 14.8 Å². The zero-order valence-electron chi connectivity index (χ0n) is 8.19. The molecule has 5 heteroatoms. The van der Waals surface area contributed by atoms with E-state index in [0.717, 1.165) is 18.7 Å². The topological polar surface area (TPSA) is 40.5 Å². The second-order valence-corrected chi connectivity index (χ2v) is 4.05. The standard InChI is InChI=1S/C8H14NO2S.K/c1-2-3-9-7(4-10)6-12-8(9)5-11;/h7-8,11H,2-3,5-6H2,1H3;/q-1;+1/t7-,8?;/m1./s1. The molecule has 2 atom stereocenters. The van der Waals surface area contributed by atoms with Crippen LogP contribution >= 0.6 is 11.8 Å². The van der Waals surface area contributed by atoms with E-state index >= 15 is 0 Å². The number of rotatable bonds is 4. The van der Waals surface area contributed by atoms with Gasteiger partial charge in [0.2, 0.25) is 0 Å². The summed E-state index contributed by atoms with van der Waals surface area (Å²) in [5.41, 5.74) is 0. The quantitative estimate of drug-likeness (QED) is 0.417. The molecule has 1 fully saturated rings. The monoisotopic (exact) mass is 227 g/mol. The second kappa shape index (κ2) is 7.81. The average Bonchev–Trinajstić information content (AvgIpc) is 2.48. The Hall–Kier alpha value is 1.58. The van der Waals surface area contributed by atoms with Crippen LogP contribution in [-0.2, 0) is 4.79 Å². The van der Waals surface area contributed by atoms with Crippen molar-refractivity contribution in [3.05, 3.63) is 0 Å². The van der Waals surface area contributed by atoms with Crippen molar-refractivity contribution in [1.29, 1.82) is 0 Å². The van der Waals surface area contributed by atoms with Crippen LogP contribution in [0.2, 0.25) is 0 Å². The smallest absolute Gasteiger partial charge is 0.540 e. The fraction of sp³-hybridized carbons (Fsp3) is 0.875. The Morgan fingerprint density at radius 1 is 1.69 bits per heavy atom. The largest absolute Gasteiger partial charge is 1.00 e. The van der Waals surface area contributed by atoms with E-state index in [1.165, 1.54) is 0 Å². The van der Waals surface area contributed by atoms with E-state index in [0.29, 0.717) is 0 Å². The van der Waals surface area contributed by atoms with E-state index in [-0.39, 0.29) is 69.4 Å². The number of carbonyl (C=O) groups excluding carboxylic acids is 1. The minimum Gasteiger partial charge on any atom is -0.540 e. The fourth-order valence-corrected chi connectivity index (χ4v) is 2.62. The molecule has 0 aromatic rings. The van der Waals surface area contributed by atoms with Crippen LogP contribution in [0.3, 0.4) is 0 Å². The molecule has 0 bridgehead atoms. The SMILES string of the molecule is CCCN1C(CO)SC[C@H]1[C-]=O.[K+]. The van der Waals surface area contributed by atoms with Crippen LogP contribution in [0.4, 0.5) is 0 Å². The molecule has 1 heterocycles. The van der Waals surface area contributed by atoms with Gasteiger partial charge in [-0.1, -0.05) is 13.0 Å². The molecule has 1 aliphatic heterocycles. The molecule has 0 aromatic carbocycles. The Kier molecular flexibility index (Phi) is 8.76. The minimum atomic E-state index is -0.105. The number of nitrogens with zero attached hydrogens (tertiary/aromatic N) is 1. The average molecular weight is 227 g/mol. The molecule has 0 spiro atoms. The van der Waals surface area contributed by atoms with E-state index in [4.69, 9.17) is 5.11 Å². The molecule has 0 aliphatic carbocycles. The summed E-state index contributed by atoms with van der Waals surface area (Å²) in [5, 5.41) is 9.09. The predicted molar refractivity (Wildman–Crippen MR) is 49.8 cm³/mol. The molecule has 1 rings (SSSR count). The summed E-state index contributed by atoms with van der Waals surface area (Å²) in [6.45, 7) is 3.07. The zero-order chi connectivity index (χ0) is 8.97. The van der Waals surface area contributed by atoms with Gasteiger partial charge in [-0.25, -0.2) is 6.29 Å². The fourth-order valence-electron chi connectivity index (χ4n) is 1.41. The van der Waals surface area contributed by atoms with Crippen LogP contribution in [0.5, 0.6) is 0 Å². The number of hydrogen-bond donors (Lipinski definition) is 1. The Labute approximate surface area is 126 Å². The number of aliphatic hydroxyl groups excluding tert-OH is 1. The molecule has 0 aromatic heterocycles. The third-order valence-corrected chi connectivity index (χ3v) is 3.30. The van der Waals surface area contributed by atoms with Crippen molar-refractivity contribution in [3.8, 4) is 0 Å². The van der Waals surface area contributed by atoms with Crippen molar-refractivity contribution in [3.63, 3.8) is 0 Å². The van der Waals surface area contributed by atoms with Crippen molar-refractivity contribution in [1.82, 2.24) is 4.90 Å². The Morgan fingerprint density at radius 3 is 2.85 bits per heavy atom. The summed E-state index contributed by atoms with van der Waals surface area (Å²) >= 11 is 1.64. The molecule has 70 valence electrons. The van der Waals surface area contributed by atoms with Gasteiger partial charge in [0.1, 0.15) is 0 Å². The van der Waals surface area contributed by atoms with Crippen molar-refractivity contribution in [2.45, 2.75) is 24.8 Å². The molecule has 3 nitrogen and oxygen atoms in total.